The van der Waals surface area contributed by atoms with Gasteiger partial charge in [-0.05, 0) is 104 Å². The zero-order valence-electron chi connectivity index (χ0n) is 21.0. The minimum Gasteiger partial charge on any atom is -0.0990 e. The number of hydrogen-bond donors (Lipinski definition) is 0. The first-order valence-corrected chi connectivity index (χ1v) is 12.5. The zero-order chi connectivity index (χ0) is 22.1. The molecule has 2 atom stereocenters. The summed E-state index contributed by atoms with van der Waals surface area (Å²) < 4.78 is 0. The molecule has 0 radical (unpaired) electrons. The first-order valence-electron chi connectivity index (χ1n) is 12.5. The first-order chi connectivity index (χ1) is 14.0. The molecule has 0 spiro atoms. The number of benzene rings is 1. The molecule has 2 aliphatic rings. The van der Waals surface area contributed by atoms with Crippen LogP contribution in [-0.4, -0.2) is 0 Å². The zero-order valence-corrected chi connectivity index (χ0v) is 21.0. The molecule has 0 N–H and O–H groups in total. The summed E-state index contributed by atoms with van der Waals surface area (Å²) in [6.45, 7) is 21.3. The van der Waals surface area contributed by atoms with Gasteiger partial charge >= 0.3 is 0 Å². The average Bonchev–Trinajstić information content (AvgIpc) is 3.39. The fourth-order valence-corrected chi connectivity index (χ4v) is 5.66. The van der Waals surface area contributed by atoms with Gasteiger partial charge in [0.1, 0.15) is 0 Å². The van der Waals surface area contributed by atoms with Crippen LogP contribution in [0, 0.1) is 23.7 Å². The molecule has 0 saturated heterocycles. The van der Waals surface area contributed by atoms with E-state index in [4.69, 9.17) is 0 Å². The Balaban J connectivity index is 2.02. The molecule has 166 valence electrons. The maximum absolute atomic E-state index is 4.58. The van der Waals surface area contributed by atoms with Gasteiger partial charge in [-0.15, -0.1) is 0 Å². The van der Waals surface area contributed by atoms with E-state index in [1.165, 1.54) is 62.5 Å². The van der Waals surface area contributed by atoms with Gasteiger partial charge in [-0.25, -0.2) is 0 Å². The molecular formula is C30H46. The van der Waals surface area contributed by atoms with Crippen molar-refractivity contribution in [3.63, 3.8) is 0 Å². The Morgan fingerprint density at radius 3 is 2.43 bits per heavy atom. The van der Waals surface area contributed by atoms with E-state index in [2.05, 4.69) is 73.3 Å². The lowest BCUT2D eigenvalue weighted by Crippen LogP contribution is -2.30. The van der Waals surface area contributed by atoms with Crippen molar-refractivity contribution in [1.29, 1.82) is 0 Å². The van der Waals surface area contributed by atoms with Crippen LogP contribution < -0.4 is 0 Å². The van der Waals surface area contributed by atoms with Crippen LogP contribution >= 0.6 is 0 Å². The van der Waals surface area contributed by atoms with E-state index in [1.807, 2.05) is 0 Å². The van der Waals surface area contributed by atoms with Crippen molar-refractivity contribution < 1.29 is 0 Å². The quantitative estimate of drug-likeness (QED) is 0.298. The normalized spacial score (nSPS) is 23.2. The van der Waals surface area contributed by atoms with E-state index in [-0.39, 0.29) is 0 Å². The van der Waals surface area contributed by atoms with Crippen LogP contribution in [-0.2, 0) is 12.8 Å². The highest BCUT2D eigenvalue weighted by molar-refractivity contribution is 5.45. The van der Waals surface area contributed by atoms with Crippen LogP contribution in [0.5, 0.6) is 0 Å². The first kappa shape index (κ1) is 23.4. The average molecular weight is 407 g/mol. The summed E-state index contributed by atoms with van der Waals surface area (Å²) in [6, 6.07) is 5.09. The second kappa shape index (κ2) is 9.05. The van der Waals surface area contributed by atoms with Crippen molar-refractivity contribution in [1.82, 2.24) is 0 Å². The maximum atomic E-state index is 4.58. The molecule has 30 heavy (non-hydrogen) atoms. The van der Waals surface area contributed by atoms with Crippen molar-refractivity contribution in [2.24, 2.45) is 16.7 Å². The van der Waals surface area contributed by atoms with Gasteiger partial charge in [0.25, 0.3) is 0 Å². The van der Waals surface area contributed by atoms with Crippen molar-refractivity contribution in [3.8, 4) is 0 Å². The van der Waals surface area contributed by atoms with E-state index < -0.39 is 0 Å². The number of aryl methyl sites for hydroxylation is 2. The Kier molecular flexibility index (Phi) is 7.05. The van der Waals surface area contributed by atoms with Gasteiger partial charge < -0.3 is 0 Å². The topological polar surface area (TPSA) is 0 Å². The van der Waals surface area contributed by atoms with Gasteiger partial charge in [0, 0.05) is 0 Å². The Morgan fingerprint density at radius 2 is 1.83 bits per heavy atom. The summed E-state index contributed by atoms with van der Waals surface area (Å²) in [5, 5.41) is 0. The minimum atomic E-state index is 0.324. The van der Waals surface area contributed by atoms with E-state index in [9.17, 15) is 0 Å². The molecule has 2 unspecified atom stereocenters. The second-order valence-electron chi connectivity index (χ2n) is 11.9. The molecule has 0 heterocycles. The molecule has 0 nitrogen and oxygen atoms in total. The molecule has 1 saturated carbocycles. The number of unbranched alkanes of at least 4 members (excludes halogenated alkanes) is 2. The van der Waals surface area contributed by atoms with E-state index >= 15 is 0 Å². The minimum absolute atomic E-state index is 0.324. The lowest BCUT2D eigenvalue weighted by molar-refractivity contribution is 0.191. The van der Waals surface area contributed by atoms with Crippen molar-refractivity contribution >= 4 is 0 Å². The summed E-state index contributed by atoms with van der Waals surface area (Å²) in [5.74, 6) is 1.34. The SMILES string of the molecule is C=C(Cc1cc(CCCCC)cc(C)c1C1CC(C)=CCC1C(C)(C)C)C1(C)CC1. The summed E-state index contributed by atoms with van der Waals surface area (Å²) >= 11 is 0. The number of hydrogen-bond acceptors (Lipinski definition) is 0. The molecule has 0 amide bonds. The van der Waals surface area contributed by atoms with Crippen LogP contribution in [0.25, 0.3) is 0 Å². The van der Waals surface area contributed by atoms with Gasteiger partial charge in [0.15, 0.2) is 0 Å². The summed E-state index contributed by atoms with van der Waals surface area (Å²) in [4.78, 5) is 0. The Morgan fingerprint density at radius 1 is 1.13 bits per heavy atom. The van der Waals surface area contributed by atoms with Gasteiger partial charge in [-0.2, -0.15) is 0 Å². The lowest BCUT2D eigenvalue weighted by Gasteiger charge is -2.41. The maximum Gasteiger partial charge on any atom is -0.00613 e. The summed E-state index contributed by atoms with van der Waals surface area (Å²) in [7, 11) is 0. The third kappa shape index (κ3) is 5.30. The van der Waals surface area contributed by atoms with Crippen LogP contribution in [0.2, 0.25) is 0 Å². The summed E-state index contributed by atoms with van der Waals surface area (Å²) in [6.07, 6.45) is 13.8. The number of allylic oxidation sites excluding steroid dienone is 3. The fraction of sp³-hybridized carbons (Fsp3) is 0.667. The smallest absolute Gasteiger partial charge is 0.00613 e. The van der Waals surface area contributed by atoms with Gasteiger partial charge in [-0.1, -0.05) is 83.4 Å². The Hall–Kier alpha value is -1.30. The Labute approximate surface area is 187 Å². The Bertz CT molecular complexity index is 794. The molecule has 0 aromatic heterocycles. The third-order valence-corrected chi connectivity index (χ3v) is 8.09. The highest BCUT2D eigenvalue weighted by Gasteiger charge is 2.41. The molecule has 1 aromatic rings. The third-order valence-electron chi connectivity index (χ3n) is 8.09. The lowest BCUT2D eigenvalue weighted by atomic mass is 9.63. The highest BCUT2D eigenvalue weighted by atomic mass is 14.5. The molecule has 1 fully saturated rings. The monoisotopic (exact) mass is 406 g/mol. The highest BCUT2D eigenvalue weighted by Crippen LogP contribution is 2.53. The predicted molar refractivity (Wildman–Crippen MR) is 133 cm³/mol. The van der Waals surface area contributed by atoms with Crippen molar-refractivity contribution in [2.75, 3.05) is 0 Å². The largest absolute Gasteiger partial charge is 0.0990 e. The molecule has 0 heteroatoms. The second-order valence-corrected chi connectivity index (χ2v) is 11.9. The molecule has 0 bridgehead atoms. The van der Waals surface area contributed by atoms with Crippen molar-refractivity contribution in [2.45, 2.75) is 112 Å². The van der Waals surface area contributed by atoms with E-state index in [0.717, 1.165) is 6.42 Å². The van der Waals surface area contributed by atoms with Crippen LogP contribution in [0.4, 0.5) is 0 Å². The summed E-state index contributed by atoms with van der Waals surface area (Å²) in [5.41, 5.74) is 10.1. The van der Waals surface area contributed by atoms with Crippen LogP contribution in [0.15, 0.2) is 35.9 Å². The van der Waals surface area contributed by atoms with E-state index in [0.29, 0.717) is 22.7 Å². The predicted octanol–water partition coefficient (Wildman–Crippen LogP) is 9.11. The fourth-order valence-electron chi connectivity index (χ4n) is 5.66. The molecule has 2 aliphatic carbocycles. The van der Waals surface area contributed by atoms with Crippen LogP contribution in [0.1, 0.15) is 115 Å². The number of rotatable bonds is 8. The molecule has 3 rings (SSSR count). The van der Waals surface area contributed by atoms with Gasteiger partial charge in [-0.3, -0.25) is 0 Å². The standard InChI is InChI=1S/C30H46/c1-9-10-11-12-24-18-22(3)28(25(20-24)19-23(4)30(8)15-16-30)26-17-21(2)13-14-27(26)29(5,6)7/h13,18,20,26-27H,4,9-12,14-17,19H2,1-3,5-8H3. The van der Waals surface area contributed by atoms with Gasteiger partial charge in [0.05, 0.1) is 0 Å². The van der Waals surface area contributed by atoms with Gasteiger partial charge in [0.2, 0.25) is 0 Å². The van der Waals surface area contributed by atoms with Crippen LogP contribution in [0.3, 0.4) is 0 Å². The molecular weight excluding hydrogens is 360 g/mol. The molecule has 0 aliphatic heterocycles. The molecule has 1 aromatic carbocycles. The van der Waals surface area contributed by atoms with Crippen molar-refractivity contribution in [3.05, 3.63) is 58.2 Å². The van der Waals surface area contributed by atoms with E-state index in [1.54, 1.807) is 22.3 Å².